The Morgan fingerprint density at radius 3 is 2.68 bits per heavy atom. The second-order valence-corrected chi connectivity index (χ2v) is 8.03. The summed E-state index contributed by atoms with van der Waals surface area (Å²) in [5.74, 6) is -0.303. The molecule has 0 atom stereocenters. The van der Waals surface area contributed by atoms with Gasteiger partial charge in [0.1, 0.15) is 0 Å². The van der Waals surface area contributed by atoms with Crippen LogP contribution in [0.15, 0.2) is 50.7 Å². The highest BCUT2D eigenvalue weighted by Gasteiger charge is 2.21. The molecule has 1 aromatic heterocycles. The fourth-order valence-electron chi connectivity index (χ4n) is 1.75. The highest BCUT2D eigenvalue weighted by atomic mass is 79.9. The molecule has 7 heteroatoms. The summed E-state index contributed by atoms with van der Waals surface area (Å²) in [6, 6.07) is 9.26. The SMILES string of the molecule is CC(C)(CNC(=O)c1cn[nH]c(=O)c1)Sc1ccc(Br)cc1. The summed E-state index contributed by atoms with van der Waals surface area (Å²) < 4.78 is 0.850. The van der Waals surface area contributed by atoms with E-state index in [0.29, 0.717) is 6.54 Å². The van der Waals surface area contributed by atoms with Gasteiger partial charge < -0.3 is 5.32 Å². The zero-order valence-electron chi connectivity index (χ0n) is 12.2. The van der Waals surface area contributed by atoms with Crippen LogP contribution in [-0.4, -0.2) is 27.4 Å². The van der Waals surface area contributed by atoms with Gasteiger partial charge in [0.15, 0.2) is 0 Å². The maximum atomic E-state index is 12.0. The molecule has 0 saturated carbocycles. The van der Waals surface area contributed by atoms with Crippen molar-refractivity contribution in [1.82, 2.24) is 15.5 Å². The van der Waals surface area contributed by atoms with Crippen LogP contribution in [0.3, 0.4) is 0 Å². The summed E-state index contributed by atoms with van der Waals surface area (Å²) in [7, 11) is 0. The van der Waals surface area contributed by atoms with Crippen LogP contribution in [0, 0.1) is 0 Å². The van der Waals surface area contributed by atoms with Crippen LogP contribution in [0.1, 0.15) is 24.2 Å². The van der Waals surface area contributed by atoms with Crippen molar-refractivity contribution in [2.75, 3.05) is 6.54 Å². The highest BCUT2D eigenvalue weighted by molar-refractivity contribution is 9.10. The van der Waals surface area contributed by atoms with Gasteiger partial charge in [0.25, 0.3) is 11.5 Å². The number of hydrogen-bond donors (Lipinski definition) is 2. The van der Waals surface area contributed by atoms with Crippen LogP contribution in [0.5, 0.6) is 0 Å². The molecule has 22 heavy (non-hydrogen) atoms. The Morgan fingerprint density at radius 2 is 2.05 bits per heavy atom. The predicted molar refractivity (Wildman–Crippen MR) is 91.3 cm³/mol. The monoisotopic (exact) mass is 381 g/mol. The zero-order valence-corrected chi connectivity index (χ0v) is 14.6. The zero-order chi connectivity index (χ0) is 16.2. The standard InChI is InChI=1S/C15H16BrN3O2S/c1-15(2,22-12-5-3-11(16)4-6-12)9-17-14(21)10-7-13(20)19-18-8-10/h3-8H,9H2,1-2H3,(H,17,21)(H,19,20). The summed E-state index contributed by atoms with van der Waals surface area (Å²) in [4.78, 5) is 24.3. The van der Waals surface area contributed by atoms with Crippen molar-refractivity contribution in [2.45, 2.75) is 23.5 Å². The lowest BCUT2D eigenvalue weighted by molar-refractivity contribution is 0.0950. The Bertz CT molecular complexity index is 713. The minimum absolute atomic E-state index is 0.182. The number of nitrogens with zero attached hydrogens (tertiary/aromatic N) is 1. The summed E-state index contributed by atoms with van der Waals surface area (Å²) in [5, 5.41) is 8.70. The minimum Gasteiger partial charge on any atom is -0.351 e. The first-order valence-corrected chi connectivity index (χ1v) is 8.24. The van der Waals surface area contributed by atoms with E-state index in [1.54, 1.807) is 11.8 Å². The number of aromatic amines is 1. The van der Waals surface area contributed by atoms with E-state index in [1.165, 1.54) is 12.3 Å². The molecule has 2 aromatic rings. The Morgan fingerprint density at radius 1 is 1.36 bits per heavy atom. The molecular weight excluding hydrogens is 366 g/mol. The number of halogens is 1. The van der Waals surface area contributed by atoms with E-state index in [2.05, 4.69) is 45.3 Å². The van der Waals surface area contributed by atoms with Crippen LogP contribution in [0.25, 0.3) is 0 Å². The first kappa shape index (κ1) is 16.8. The summed E-state index contributed by atoms with van der Waals surface area (Å²) in [5.41, 5.74) is -0.135. The number of amides is 1. The average Bonchev–Trinajstić information content (AvgIpc) is 2.47. The van der Waals surface area contributed by atoms with E-state index in [9.17, 15) is 9.59 Å². The van der Waals surface area contributed by atoms with Gasteiger partial charge in [-0.1, -0.05) is 15.9 Å². The molecule has 116 valence electrons. The molecule has 2 N–H and O–H groups in total. The molecule has 1 aromatic carbocycles. The maximum Gasteiger partial charge on any atom is 0.264 e. The Labute approximate surface area is 141 Å². The first-order chi connectivity index (χ1) is 10.4. The highest BCUT2D eigenvalue weighted by Crippen LogP contribution is 2.32. The first-order valence-electron chi connectivity index (χ1n) is 6.63. The van der Waals surface area contributed by atoms with Gasteiger partial charge in [-0.05, 0) is 38.1 Å². The van der Waals surface area contributed by atoms with Crippen molar-refractivity contribution >= 4 is 33.6 Å². The Balaban J connectivity index is 1.95. The third-order valence-corrected chi connectivity index (χ3v) is 4.54. The molecule has 1 amide bonds. The van der Waals surface area contributed by atoms with Gasteiger partial charge in [-0.2, -0.15) is 5.10 Å². The second-order valence-electron chi connectivity index (χ2n) is 5.33. The topological polar surface area (TPSA) is 74.8 Å². The number of carbonyl (C=O) groups excluding carboxylic acids is 1. The molecule has 0 spiro atoms. The molecule has 0 aliphatic rings. The van der Waals surface area contributed by atoms with Gasteiger partial charge in [0.05, 0.1) is 11.8 Å². The van der Waals surface area contributed by atoms with E-state index in [1.807, 2.05) is 24.3 Å². The lowest BCUT2D eigenvalue weighted by Gasteiger charge is -2.24. The lowest BCUT2D eigenvalue weighted by Crippen LogP contribution is -2.36. The van der Waals surface area contributed by atoms with Crippen molar-refractivity contribution in [3.63, 3.8) is 0 Å². The molecule has 0 radical (unpaired) electrons. The number of benzene rings is 1. The van der Waals surface area contributed by atoms with Crippen molar-refractivity contribution in [1.29, 1.82) is 0 Å². The summed E-state index contributed by atoms with van der Waals surface area (Å²) in [6.07, 6.45) is 1.34. The normalized spacial score (nSPS) is 11.2. The molecule has 0 aliphatic carbocycles. The second kappa shape index (κ2) is 7.11. The van der Waals surface area contributed by atoms with Crippen molar-refractivity contribution < 1.29 is 4.79 Å². The maximum absolute atomic E-state index is 12.0. The molecule has 2 rings (SSSR count). The average molecular weight is 382 g/mol. The molecular formula is C15H16BrN3O2S. The molecule has 0 bridgehead atoms. The molecule has 0 aliphatic heterocycles. The van der Waals surface area contributed by atoms with E-state index in [4.69, 9.17) is 0 Å². The summed E-state index contributed by atoms with van der Waals surface area (Å²) >= 11 is 5.08. The molecule has 1 heterocycles. The van der Waals surface area contributed by atoms with Crippen LogP contribution in [-0.2, 0) is 0 Å². The lowest BCUT2D eigenvalue weighted by atomic mass is 10.2. The van der Waals surface area contributed by atoms with Crippen molar-refractivity contribution in [3.05, 3.63) is 56.9 Å². The smallest absolute Gasteiger partial charge is 0.264 e. The van der Waals surface area contributed by atoms with E-state index in [-0.39, 0.29) is 16.2 Å². The van der Waals surface area contributed by atoms with Crippen LogP contribution in [0.4, 0.5) is 0 Å². The largest absolute Gasteiger partial charge is 0.351 e. The van der Waals surface area contributed by atoms with Gasteiger partial charge in [-0.3, -0.25) is 9.59 Å². The quantitative estimate of drug-likeness (QED) is 0.780. The number of thioether (sulfide) groups is 1. The number of carbonyl (C=O) groups is 1. The number of nitrogens with one attached hydrogen (secondary N) is 2. The molecule has 0 unspecified atom stereocenters. The van der Waals surface area contributed by atoms with Crippen LogP contribution < -0.4 is 10.9 Å². The Hall–Kier alpha value is -1.60. The van der Waals surface area contributed by atoms with Gasteiger partial charge in [0.2, 0.25) is 0 Å². The number of rotatable bonds is 5. The van der Waals surface area contributed by atoms with E-state index >= 15 is 0 Å². The number of aromatic nitrogens is 2. The predicted octanol–water partition coefficient (Wildman–Crippen LogP) is 2.83. The van der Waals surface area contributed by atoms with Gasteiger partial charge >= 0.3 is 0 Å². The molecule has 5 nitrogen and oxygen atoms in total. The Kier molecular flexibility index (Phi) is 5.42. The fourth-order valence-corrected chi connectivity index (χ4v) is 3.07. The third kappa shape index (κ3) is 4.99. The van der Waals surface area contributed by atoms with Crippen LogP contribution in [0.2, 0.25) is 0 Å². The molecule has 0 fully saturated rings. The van der Waals surface area contributed by atoms with E-state index < -0.39 is 5.56 Å². The van der Waals surface area contributed by atoms with Gasteiger partial charge in [-0.25, -0.2) is 5.10 Å². The molecule has 0 saturated heterocycles. The number of H-pyrrole nitrogens is 1. The number of hydrogen-bond acceptors (Lipinski definition) is 4. The summed E-state index contributed by atoms with van der Waals surface area (Å²) in [6.45, 7) is 4.57. The third-order valence-electron chi connectivity index (χ3n) is 2.81. The van der Waals surface area contributed by atoms with Crippen molar-refractivity contribution in [2.24, 2.45) is 0 Å². The minimum atomic E-state index is -0.392. The van der Waals surface area contributed by atoms with Crippen molar-refractivity contribution in [3.8, 4) is 0 Å². The van der Waals surface area contributed by atoms with Gasteiger partial charge in [-0.15, -0.1) is 11.8 Å². The van der Waals surface area contributed by atoms with E-state index in [0.717, 1.165) is 9.37 Å². The van der Waals surface area contributed by atoms with Crippen LogP contribution >= 0.6 is 27.7 Å². The fraction of sp³-hybridized carbons (Fsp3) is 0.267. The van der Waals surface area contributed by atoms with Gasteiger partial charge in [0, 0.05) is 26.7 Å².